The zero-order chi connectivity index (χ0) is 19.1. The normalized spacial score (nSPS) is 10.6. The molecule has 6 nitrogen and oxygen atoms in total. The Morgan fingerprint density at radius 3 is 2.52 bits per heavy atom. The van der Waals surface area contributed by atoms with Gasteiger partial charge >= 0.3 is 5.97 Å². The molecule has 0 aliphatic heterocycles. The van der Waals surface area contributed by atoms with Crippen molar-refractivity contribution in [1.82, 2.24) is 10.4 Å². The topological polar surface area (TPSA) is 80.6 Å². The van der Waals surface area contributed by atoms with Gasteiger partial charge in [0.25, 0.3) is 5.91 Å². The van der Waals surface area contributed by atoms with Crippen molar-refractivity contribution in [2.24, 2.45) is 5.10 Å². The molecule has 6 heteroatoms. The van der Waals surface area contributed by atoms with Crippen molar-refractivity contribution >= 4 is 18.1 Å². The minimum atomic E-state index is -0.413. The molecule has 0 atom stereocenters. The number of ether oxygens (including phenoxy) is 1. The molecule has 134 valence electrons. The predicted octanol–water partition coefficient (Wildman–Crippen LogP) is 3.37. The predicted molar refractivity (Wildman–Crippen MR) is 102 cm³/mol. The van der Waals surface area contributed by atoms with E-state index in [1.165, 1.54) is 12.4 Å². The van der Waals surface area contributed by atoms with Crippen LogP contribution in [-0.2, 0) is 0 Å². The highest BCUT2D eigenvalue weighted by Crippen LogP contribution is 2.14. The van der Waals surface area contributed by atoms with E-state index in [2.05, 4.69) is 15.5 Å². The standard InChI is InChI=1S/C21H17N3O3/c1-15-4-2-5-17(12-15)21(26)27-19-9-7-16(8-10-19)13-23-24-20(25)18-6-3-11-22-14-18/h2-14H,1H3,(H,24,25)/b23-13-. The third-order valence-electron chi connectivity index (χ3n) is 3.65. The number of aromatic nitrogens is 1. The molecular weight excluding hydrogens is 342 g/mol. The van der Waals surface area contributed by atoms with Crippen molar-refractivity contribution in [3.63, 3.8) is 0 Å². The minimum absolute atomic E-state index is 0.344. The van der Waals surface area contributed by atoms with Gasteiger partial charge in [-0.3, -0.25) is 9.78 Å². The minimum Gasteiger partial charge on any atom is -0.423 e. The van der Waals surface area contributed by atoms with E-state index in [0.29, 0.717) is 16.9 Å². The van der Waals surface area contributed by atoms with Gasteiger partial charge in [-0.1, -0.05) is 17.7 Å². The maximum absolute atomic E-state index is 12.1. The lowest BCUT2D eigenvalue weighted by molar-refractivity contribution is 0.0734. The second-order valence-electron chi connectivity index (χ2n) is 5.77. The summed E-state index contributed by atoms with van der Waals surface area (Å²) in [4.78, 5) is 27.9. The van der Waals surface area contributed by atoms with E-state index in [-0.39, 0.29) is 5.91 Å². The molecule has 2 aromatic carbocycles. The first-order chi connectivity index (χ1) is 13.1. The quantitative estimate of drug-likeness (QED) is 0.328. The molecule has 0 aliphatic rings. The highest BCUT2D eigenvalue weighted by Gasteiger charge is 2.08. The van der Waals surface area contributed by atoms with Crippen LogP contribution in [0.3, 0.4) is 0 Å². The number of hydrogen-bond donors (Lipinski definition) is 1. The van der Waals surface area contributed by atoms with Crippen LogP contribution in [0, 0.1) is 6.92 Å². The SMILES string of the molecule is Cc1cccc(C(=O)Oc2ccc(/C=N\NC(=O)c3cccnc3)cc2)c1. The molecule has 1 aromatic heterocycles. The van der Waals surface area contributed by atoms with E-state index in [1.54, 1.807) is 54.7 Å². The smallest absolute Gasteiger partial charge is 0.343 e. The summed E-state index contributed by atoms with van der Waals surface area (Å²) in [5.74, 6) is -0.329. The zero-order valence-electron chi connectivity index (χ0n) is 14.6. The highest BCUT2D eigenvalue weighted by atomic mass is 16.5. The van der Waals surface area contributed by atoms with Crippen LogP contribution in [0.4, 0.5) is 0 Å². The van der Waals surface area contributed by atoms with E-state index in [0.717, 1.165) is 11.1 Å². The molecule has 1 heterocycles. The van der Waals surface area contributed by atoms with Crippen LogP contribution in [0.25, 0.3) is 0 Å². The first-order valence-corrected chi connectivity index (χ1v) is 8.24. The van der Waals surface area contributed by atoms with E-state index in [9.17, 15) is 9.59 Å². The Kier molecular flexibility index (Phi) is 5.69. The molecule has 1 amide bonds. The van der Waals surface area contributed by atoms with Gasteiger partial charge < -0.3 is 4.74 Å². The lowest BCUT2D eigenvalue weighted by Gasteiger charge is -2.05. The summed E-state index contributed by atoms with van der Waals surface area (Å²) in [7, 11) is 0. The number of nitrogens with one attached hydrogen (secondary N) is 1. The summed E-state index contributed by atoms with van der Waals surface area (Å²) < 4.78 is 5.35. The van der Waals surface area contributed by atoms with Crippen LogP contribution in [0.1, 0.15) is 31.8 Å². The molecule has 0 spiro atoms. The number of esters is 1. The molecule has 0 unspecified atom stereocenters. The number of carbonyl (C=O) groups excluding carboxylic acids is 2. The number of nitrogens with zero attached hydrogens (tertiary/aromatic N) is 2. The molecule has 3 aromatic rings. The summed E-state index contributed by atoms with van der Waals surface area (Å²) in [5.41, 5.74) is 5.09. The Hall–Kier alpha value is -3.80. The van der Waals surface area contributed by atoms with Gasteiger partial charge in [-0.2, -0.15) is 5.10 Å². The van der Waals surface area contributed by atoms with Crippen LogP contribution >= 0.6 is 0 Å². The third-order valence-corrected chi connectivity index (χ3v) is 3.65. The van der Waals surface area contributed by atoms with Gasteiger partial charge in [0.15, 0.2) is 0 Å². The van der Waals surface area contributed by atoms with E-state index >= 15 is 0 Å². The molecule has 1 N–H and O–H groups in total. The monoisotopic (exact) mass is 359 g/mol. The Labute approximate surface area is 156 Å². The van der Waals surface area contributed by atoms with Crippen molar-refractivity contribution in [1.29, 1.82) is 0 Å². The number of hydrazone groups is 1. The third kappa shape index (κ3) is 5.09. The average molecular weight is 359 g/mol. The fraction of sp³-hybridized carbons (Fsp3) is 0.0476. The molecule has 0 bridgehead atoms. The molecule has 0 aliphatic carbocycles. The summed E-state index contributed by atoms with van der Waals surface area (Å²) in [6, 6.07) is 17.3. The lowest BCUT2D eigenvalue weighted by atomic mass is 10.1. The van der Waals surface area contributed by atoms with Crippen LogP contribution in [0.15, 0.2) is 78.2 Å². The van der Waals surface area contributed by atoms with Gasteiger partial charge in [0.2, 0.25) is 0 Å². The van der Waals surface area contributed by atoms with Crippen molar-refractivity contribution in [2.45, 2.75) is 6.92 Å². The number of benzene rings is 2. The van der Waals surface area contributed by atoms with E-state index < -0.39 is 5.97 Å². The van der Waals surface area contributed by atoms with E-state index in [4.69, 9.17) is 4.74 Å². The van der Waals surface area contributed by atoms with Gasteiger partial charge in [-0.25, -0.2) is 10.2 Å². The molecule has 0 saturated carbocycles. The largest absolute Gasteiger partial charge is 0.423 e. The lowest BCUT2D eigenvalue weighted by Crippen LogP contribution is -2.17. The van der Waals surface area contributed by atoms with Gasteiger partial charge in [0.05, 0.1) is 17.3 Å². The van der Waals surface area contributed by atoms with Crippen LogP contribution < -0.4 is 10.2 Å². The maximum atomic E-state index is 12.1. The Balaban J connectivity index is 1.57. The van der Waals surface area contributed by atoms with Crippen molar-refractivity contribution < 1.29 is 14.3 Å². The number of pyridine rings is 1. The molecule has 0 fully saturated rings. The van der Waals surface area contributed by atoms with Gasteiger partial charge in [-0.15, -0.1) is 0 Å². The van der Waals surface area contributed by atoms with Crippen molar-refractivity contribution in [3.8, 4) is 5.75 Å². The van der Waals surface area contributed by atoms with Crippen LogP contribution in [0.5, 0.6) is 5.75 Å². The maximum Gasteiger partial charge on any atom is 0.343 e. The van der Waals surface area contributed by atoms with E-state index in [1.807, 2.05) is 19.1 Å². The number of carbonyl (C=O) groups is 2. The van der Waals surface area contributed by atoms with Crippen LogP contribution in [0.2, 0.25) is 0 Å². The number of rotatable bonds is 5. The van der Waals surface area contributed by atoms with Gasteiger partial charge in [0.1, 0.15) is 5.75 Å². The highest BCUT2D eigenvalue weighted by molar-refractivity contribution is 5.94. The molecule has 27 heavy (non-hydrogen) atoms. The first-order valence-electron chi connectivity index (χ1n) is 8.24. The summed E-state index contributed by atoms with van der Waals surface area (Å²) in [6.07, 6.45) is 4.55. The Morgan fingerprint density at radius 2 is 1.81 bits per heavy atom. The second-order valence-corrected chi connectivity index (χ2v) is 5.77. The average Bonchev–Trinajstić information content (AvgIpc) is 2.70. The Bertz CT molecular complexity index is 967. The van der Waals surface area contributed by atoms with Crippen LogP contribution in [-0.4, -0.2) is 23.1 Å². The molecule has 0 radical (unpaired) electrons. The van der Waals surface area contributed by atoms with Gasteiger partial charge in [-0.05, 0) is 61.0 Å². The van der Waals surface area contributed by atoms with Gasteiger partial charge in [0, 0.05) is 12.4 Å². The fourth-order valence-corrected chi connectivity index (χ4v) is 2.29. The second kappa shape index (κ2) is 8.53. The van der Waals surface area contributed by atoms with Crippen molar-refractivity contribution in [3.05, 3.63) is 95.3 Å². The fourth-order valence-electron chi connectivity index (χ4n) is 2.29. The molecule has 0 saturated heterocycles. The molecule has 3 rings (SSSR count). The zero-order valence-corrected chi connectivity index (χ0v) is 14.6. The number of hydrogen-bond acceptors (Lipinski definition) is 5. The number of amides is 1. The molecular formula is C21H17N3O3. The number of aryl methyl sites for hydroxylation is 1. The Morgan fingerprint density at radius 1 is 1.04 bits per heavy atom. The summed E-state index contributed by atoms with van der Waals surface area (Å²) >= 11 is 0. The first kappa shape index (κ1) is 18.0. The summed E-state index contributed by atoms with van der Waals surface area (Å²) in [5, 5.41) is 3.91. The van der Waals surface area contributed by atoms with Crippen molar-refractivity contribution in [2.75, 3.05) is 0 Å². The summed E-state index contributed by atoms with van der Waals surface area (Å²) in [6.45, 7) is 1.91.